The highest BCUT2D eigenvalue weighted by atomic mass is 16.2. The lowest BCUT2D eigenvalue weighted by Gasteiger charge is -2.26. The molecule has 1 aliphatic heterocycles. The van der Waals surface area contributed by atoms with E-state index < -0.39 is 0 Å². The van der Waals surface area contributed by atoms with Crippen molar-refractivity contribution in [1.29, 1.82) is 0 Å². The summed E-state index contributed by atoms with van der Waals surface area (Å²) in [7, 11) is 0. The van der Waals surface area contributed by atoms with E-state index in [1.54, 1.807) is 0 Å². The molecule has 0 spiro atoms. The Bertz CT molecular complexity index is 248. The Morgan fingerprint density at radius 3 is 2.56 bits per heavy atom. The molecule has 3 nitrogen and oxygen atoms in total. The standard InChI is InChI=1S/C13H24N2O/c1-9-6-7-11(10(9)2)15-13(16)12-5-3-4-8-14-12/h9-12,14H,3-8H2,1-2H3,(H,15,16). The first-order chi connectivity index (χ1) is 7.68. The summed E-state index contributed by atoms with van der Waals surface area (Å²) >= 11 is 0. The van der Waals surface area contributed by atoms with E-state index in [2.05, 4.69) is 24.5 Å². The number of piperidine rings is 1. The smallest absolute Gasteiger partial charge is 0.237 e. The first kappa shape index (κ1) is 11.9. The largest absolute Gasteiger partial charge is 0.352 e. The van der Waals surface area contributed by atoms with Crippen molar-refractivity contribution < 1.29 is 4.79 Å². The maximum atomic E-state index is 12.0. The van der Waals surface area contributed by atoms with Crippen LogP contribution in [0.4, 0.5) is 0 Å². The van der Waals surface area contributed by atoms with Gasteiger partial charge in [-0.1, -0.05) is 20.3 Å². The van der Waals surface area contributed by atoms with Crippen LogP contribution in [-0.4, -0.2) is 24.5 Å². The summed E-state index contributed by atoms with van der Waals surface area (Å²) in [4.78, 5) is 12.0. The topological polar surface area (TPSA) is 41.1 Å². The van der Waals surface area contributed by atoms with E-state index in [-0.39, 0.29) is 11.9 Å². The van der Waals surface area contributed by atoms with Gasteiger partial charge in [-0.05, 0) is 44.1 Å². The van der Waals surface area contributed by atoms with Gasteiger partial charge < -0.3 is 10.6 Å². The summed E-state index contributed by atoms with van der Waals surface area (Å²) in [6, 6.07) is 0.475. The number of amides is 1. The first-order valence-electron chi connectivity index (χ1n) is 6.72. The molecule has 1 heterocycles. The van der Waals surface area contributed by atoms with Crippen LogP contribution in [0.25, 0.3) is 0 Å². The third-order valence-corrected chi connectivity index (χ3v) is 4.42. The molecule has 2 aliphatic rings. The molecule has 0 bridgehead atoms. The summed E-state index contributed by atoms with van der Waals surface area (Å²) in [5.41, 5.74) is 0. The first-order valence-corrected chi connectivity index (χ1v) is 6.72. The normalized spacial score (nSPS) is 39.6. The number of rotatable bonds is 2. The number of nitrogens with one attached hydrogen (secondary N) is 2. The Labute approximate surface area is 98.4 Å². The number of hydrogen-bond acceptors (Lipinski definition) is 2. The van der Waals surface area contributed by atoms with Crippen LogP contribution >= 0.6 is 0 Å². The molecule has 4 atom stereocenters. The van der Waals surface area contributed by atoms with Crippen molar-refractivity contribution in [2.24, 2.45) is 11.8 Å². The lowest BCUT2D eigenvalue weighted by atomic mass is 9.97. The van der Waals surface area contributed by atoms with Gasteiger partial charge in [0, 0.05) is 6.04 Å². The Morgan fingerprint density at radius 1 is 1.19 bits per heavy atom. The van der Waals surface area contributed by atoms with Crippen LogP contribution in [0.15, 0.2) is 0 Å². The number of carbonyl (C=O) groups excluding carboxylic acids is 1. The molecule has 3 heteroatoms. The highest BCUT2D eigenvalue weighted by Gasteiger charge is 2.32. The molecule has 1 aliphatic carbocycles. The van der Waals surface area contributed by atoms with E-state index in [4.69, 9.17) is 0 Å². The van der Waals surface area contributed by atoms with Crippen LogP contribution in [0.2, 0.25) is 0 Å². The van der Waals surface area contributed by atoms with Gasteiger partial charge in [0.05, 0.1) is 6.04 Å². The van der Waals surface area contributed by atoms with Crippen LogP contribution in [0, 0.1) is 11.8 Å². The molecule has 1 saturated heterocycles. The third kappa shape index (κ3) is 2.57. The zero-order chi connectivity index (χ0) is 11.5. The molecule has 1 saturated carbocycles. The molecule has 92 valence electrons. The molecule has 1 amide bonds. The predicted octanol–water partition coefficient (Wildman–Crippen LogP) is 1.68. The van der Waals surface area contributed by atoms with Crippen LogP contribution < -0.4 is 10.6 Å². The molecule has 2 fully saturated rings. The molecule has 16 heavy (non-hydrogen) atoms. The Hall–Kier alpha value is -0.570. The van der Waals surface area contributed by atoms with E-state index >= 15 is 0 Å². The summed E-state index contributed by atoms with van der Waals surface area (Å²) in [5.74, 6) is 1.61. The van der Waals surface area contributed by atoms with E-state index in [9.17, 15) is 4.79 Å². The molecular formula is C13H24N2O. The molecule has 0 aromatic heterocycles. The van der Waals surface area contributed by atoms with E-state index in [0.29, 0.717) is 12.0 Å². The second-order valence-electron chi connectivity index (χ2n) is 5.53. The number of carbonyl (C=O) groups is 1. The maximum Gasteiger partial charge on any atom is 0.237 e. The fourth-order valence-corrected chi connectivity index (χ4v) is 2.93. The Kier molecular flexibility index (Phi) is 3.85. The second-order valence-corrected chi connectivity index (χ2v) is 5.53. The molecule has 2 N–H and O–H groups in total. The zero-order valence-corrected chi connectivity index (χ0v) is 10.5. The van der Waals surface area contributed by atoms with Gasteiger partial charge in [-0.3, -0.25) is 4.79 Å². The minimum absolute atomic E-state index is 0.0665. The fraction of sp³-hybridized carbons (Fsp3) is 0.923. The third-order valence-electron chi connectivity index (χ3n) is 4.42. The molecule has 0 aromatic carbocycles. The lowest BCUT2D eigenvalue weighted by Crippen LogP contribution is -2.50. The molecule has 2 rings (SSSR count). The molecule has 0 radical (unpaired) electrons. The van der Waals surface area contributed by atoms with Crippen molar-refractivity contribution in [3.05, 3.63) is 0 Å². The summed E-state index contributed by atoms with van der Waals surface area (Å²) in [6.07, 6.45) is 5.80. The van der Waals surface area contributed by atoms with Gasteiger partial charge in [0.25, 0.3) is 0 Å². The SMILES string of the molecule is CC1CCC(NC(=O)C2CCCCN2)C1C. The molecule has 4 unspecified atom stereocenters. The fourth-order valence-electron chi connectivity index (χ4n) is 2.93. The minimum atomic E-state index is 0.0665. The van der Waals surface area contributed by atoms with Crippen molar-refractivity contribution in [3.8, 4) is 0 Å². The molecular weight excluding hydrogens is 200 g/mol. The second kappa shape index (κ2) is 5.17. The van der Waals surface area contributed by atoms with E-state index in [0.717, 1.165) is 25.3 Å². The lowest BCUT2D eigenvalue weighted by molar-refractivity contribution is -0.124. The van der Waals surface area contributed by atoms with Gasteiger partial charge in [-0.15, -0.1) is 0 Å². The van der Waals surface area contributed by atoms with Gasteiger partial charge >= 0.3 is 0 Å². The van der Waals surface area contributed by atoms with Gasteiger partial charge in [0.15, 0.2) is 0 Å². The highest BCUT2D eigenvalue weighted by molar-refractivity contribution is 5.82. The van der Waals surface area contributed by atoms with Crippen molar-refractivity contribution in [2.75, 3.05) is 6.54 Å². The van der Waals surface area contributed by atoms with Gasteiger partial charge in [0.1, 0.15) is 0 Å². The van der Waals surface area contributed by atoms with Crippen molar-refractivity contribution in [3.63, 3.8) is 0 Å². The maximum absolute atomic E-state index is 12.0. The highest BCUT2D eigenvalue weighted by Crippen LogP contribution is 2.31. The van der Waals surface area contributed by atoms with Crippen molar-refractivity contribution in [1.82, 2.24) is 10.6 Å². The summed E-state index contributed by atoms with van der Waals surface area (Å²) in [5, 5.41) is 6.53. The quantitative estimate of drug-likeness (QED) is 0.749. The summed E-state index contributed by atoms with van der Waals surface area (Å²) in [6.45, 7) is 5.54. The van der Waals surface area contributed by atoms with Crippen LogP contribution in [0.5, 0.6) is 0 Å². The average Bonchev–Trinajstić information content (AvgIpc) is 2.62. The van der Waals surface area contributed by atoms with Gasteiger partial charge in [0.2, 0.25) is 5.91 Å². The van der Waals surface area contributed by atoms with Gasteiger partial charge in [-0.2, -0.15) is 0 Å². The Morgan fingerprint density at radius 2 is 2.00 bits per heavy atom. The predicted molar refractivity (Wildman–Crippen MR) is 65.1 cm³/mol. The number of hydrogen-bond donors (Lipinski definition) is 2. The monoisotopic (exact) mass is 224 g/mol. The average molecular weight is 224 g/mol. The minimum Gasteiger partial charge on any atom is -0.352 e. The van der Waals surface area contributed by atoms with Gasteiger partial charge in [-0.25, -0.2) is 0 Å². The van der Waals surface area contributed by atoms with Crippen LogP contribution in [-0.2, 0) is 4.79 Å². The Balaban J connectivity index is 1.82. The van der Waals surface area contributed by atoms with Crippen molar-refractivity contribution >= 4 is 5.91 Å². The van der Waals surface area contributed by atoms with E-state index in [1.807, 2.05) is 0 Å². The van der Waals surface area contributed by atoms with Crippen molar-refractivity contribution in [2.45, 2.75) is 58.0 Å². The van der Waals surface area contributed by atoms with E-state index in [1.165, 1.54) is 19.3 Å². The zero-order valence-electron chi connectivity index (χ0n) is 10.5. The molecule has 0 aromatic rings. The van der Waals surface area contributed by atoms with Crippen LogP contribution in [0.3, 0.4) is 0 Å². The van der Waals surface area contributed by atoms with Crippen LogP contribution in [0.1, 0.15) is 46.0 Å². The summed E-state index contributed by atoms with van der Waals surface area (Å²) < 4.78 is 0.